The summed E-state index contributed by atoms with van der Waals surface area (Å²) < 4.78 is 33.9. The molecule has 2 aliphatic rings. The average Bonchev–Trinajstić information content (AvgIpc) is 3.37. The van der Waals surface area contributed by atoms with Gasteiger partial charge in [-0.05, 0) is 69.1 Å². The molecule has 0 spiro atoms. The Labute approximate surface area is 261 Å². The largest absolute Gasteiger partial charge is 0.491 e. The fourth-order valence-electron chi connectivity index (χ4n) is 5.85. The quantitative estimate of drug-likeness (QED) is 0.215. The molecule has 10 nitrogen and oxygen atoms in total. The van der Waals surface area contributed by atoms with E-state index in [0.717, 1.165) is 62.4 Å². The molecule has 4 heterocycles. The van der Waals surface area contributed by atoms with E-state index in [1.165, 1.54) is 6.07 Å². The molecule has 2 aliphatic heterocycles. The van der Waals surface area contributed by atoms with Gasteiger partial charge < -0.3 is 23.9 Å². The average molecular weight is 614 g/mol. The Morgan fingerprint density at radius 1 is 1.13 bits per heavy atom. The van der Waals surface area contributed by atoms with Crippen LogP contribution >= 0.6 is 0 Å². The van der Waals surface area contributed by atoms with Crippen molar-refractivity contribution in [2.45, 2.75) is 64.3 Å². The molecule has 2 aromatic heterocycles. The minimum atomic E-state index is -1.00. The number of carboxylic acid groups (broad SMARTS) is 1. The molecule has 4 aromatic rings. The molecule has 45 heavy (non-hydrogen) atoms. The molecular weight excluding hydrogens is 577 g/mol. The van der Waals surface area contributed by atoms with Gasteiger partial charge in [-0.2, -0.15) is 5.26 Å². The second-order valence-electron chi connectivity index (χ2n) is 11.6. The Hall–Kier alpha value is -4.53. The van der Waals surface area contributed by atoms with E-state index in [4.69, 9.17) is 29.4 Å². The highest BCUT2D eigenvalue weighted by Crippen LogP contribution is 2.33. The number of pyridine rings is 1. The highest BCUT2D eigenvalue weighted by Gasteiger charge is 2.27. The first-order valence-corrected chi connectivity index (χ1v) is 15.4. The number of nitriles is 1. The summed E-state index contributed by atoms with van der Waals surface area (Å²) in [6.45, 7) is 6.17. The van der Waals surface area contributed by atoms with Crippen LogP contribution in [0.1, 0.15) is 71.5 Å². The van der Waals surface area contributed by atoms with Gasteiger partial charge in [-0.15, -0.1) is 0 Å². The van der Waals surface area contributed by atoms with E-state index < -0.39 is 11.8 Å². The first kappa shape index (κ1) is 30.5. The first-order valence-electron chi connectivity index (χ1n) is 15.4. The Morgan fingerprint density at radius 2 is 1.96 bits per heavy atom. The number of piperidine rings is 1. The van der Waals surface area contributed by atoms with Crippen LogP contribution in [0.15, 0.2) is 48.5 Å². The number of aromatic nitrogens is 3. The number of halogens is 1. The van der Waals surface area contributed by atoms with Crippen LogP contribution in [0.5, 0.6) is 11.6 Å². The zero-order valence-electron chi connectivity index (χ0n) is 25.2. The van der Waals surface area contributed by atoms with E-state index in [-0.39, 0.29) is 29.8 Å². The lowest BCUT2D eigenvalue weighted by Gasteiger charge is -2.32. The maximum absolute atomic E-state index is 14.3. The predicted octanol–water partition coefficient (Wildman–Crippen LogP) is 5.68. The molecule has 1 atom stereocenters. The maximum Gasteiger partial charge on any atom is 0.335 e. The van der Waals surface area contributed by atoms with Gasteiger partial charge in [-0.25, -0.2) is 19.2 Å². The third kappa shape index (κ3) is 6.92. The molecule has 2 aromatic carbocycles. The Kier molecular flexibility index (Phi) is 9.23. The molecule has 2 fully saturated rings. The van der Waals surface area contributed by atoms with Gasteiger partial charge in [0.2, 0.25) is 5.88 Å². The van der Waals surface area contributed by atoms with Gasteiger partial charge in [0.1, 0.15) is 29.5 Å². The first-order chi connectivity index (χ1) is 21.9. The smallest absolute Gasteiger partial charge is 0.335 e. The fourth-order valence-corrected chi connectivity index (χ4v) is 5.85. The molecule has 0 bridgehead atoms. The van der Waals surface area contributed by atoms with Crippen molar-refractivity contribution in [3.8, 4) is 17.7 Å². The number of nitrogens with zero attached hydrogens (tertiary/aromatic N) is 5. The number of likely N-dealkylation sites (tertiary alicyclic amines) is 1. The van der Waals surface area contributed by atoms with Gasteiger partial charge in [0, 0.05) is 29.8 Å². The number of rotatable bonds is 12. The van der Waals surface area contributed by atoms with Gasteiger partial charge in [-0.3, -0.25) is 4.90 Å². The van der Waals surface area contributed by atoms with Crippen molar-refractivity contribution in [1.29, 1.82) is 5.26 Å². The van der Waals surface area contributed by atoms with Gasteiger partial charge in [-0.1, -0.05) is 19.1 Å². The molecule has 1 N–H and O–H groups in total. The number of carboxylic acids is 1. The standard InChI is InChI=1S/C34H36FN5O5/c1-2-13-44-30-17-25(34(41)42)16-29-33(30)38-31(40(29)19-26-10-14-43-26)20-39-11-8-23(9-12-39)28-4-3-5-32(37-28)45-21-24-7-6-22(18-36)15-27(24)35/h3-7,15-17,23,26H,2,8-14,19-21H2,1H3,(H,41,42)/t26-/m0/s1. The summed E-state index contributed by atoms with van der Waals surface area (Å²) >= 11 is 0. The Morgan fingerprint density at radius 3 is 2.64 bits per heavy atom. The lowest BCUT2D eigenvalue weighted by molar-refractivity contribution is -0.0592. The summed E-state index contributed by atoms with van der Waals surface area (Å²) in [5, 5.41) is 18.7. The van der Waals surface area contributed by atoms with Crippen molar-refractivity contribution in [2.75, 3.05) is 26.3 Å². The maximum atomic E-state index is 14.3. The second kappa shape index (κ2) is 13.6. The molecule has 0 radical (unpaired) electrons. The molecule has 0 aliphatic carbocycles. The van der Waals surface area contributed by atoms with Crippen LogP contribution in [0, 0.1) is 17.1 Å². The van der Waals surface area contributed by atoms with Crippen LogP contribution in [-0.2, 0) is 24.4 Å². The van der Waals surface area contributed by atoms with Gasteiger partial charge >= 0.3 is 5.97 Å². The lowest BCUT2D eigenvalue weighted by Crippen LogP contribution is -2.35. The fraction of sp³-hybridized carbons (Fsp3) is 0.412. The van der Waals surface area contributed by atoms with Crippen LogP contribution in [0.2, 0.25) is 0 Å². The number of ether oxygens (including phenoxy) is 3. The third-order valence-corrected chi connectivity index (χ3v) is 8.46. The van der Waals surface area contributed by atoms with Crippen LogP contribution in [-0.4, -0.2) is 62.9 Å². The summed E-state index contributed by atoms with van der Waals surface area (Å²) in [5.41, 5.74) is 3.19. The molecule has 2 saturated heterocycles. The van der Waals surface area contributed by atoms with E-state index in [1.54, 1.807) is 30.3 Å². The van der Waals surface area contributed by atoms with E-state index in [9.17, 15) is 14.3 Å². The molecule has 6 rings (SSSR count). The normalized spacial score (nSPS) is 17.1. The van der Waals surface area contributed by atoms with Crippen molar-refractivity contribution in [3.63, 3.8) is 0 Å². The number of hydrogen-bond donors (Lipinski definition) is 1. The summed E-state index contributed by atoms with van der Waals surface area (Å²) in [7, 11) is 0. The Balaban J connectivity index is 1.14. The van der Waals surface area contributed by atoms with Gasteiger partial charge in [0.05, 0.1) is 48.5 Å². The van der Waals surface area contributed by atoms with Crippen molar-refractivity contribution >= 4 is 17.0 Å². The van der Waals surface area contributed by atoms with Crippen molar-refractivity contribution in [1.82, 2.24) is 19.4 Å². The molecular formula is C34H36FN5O5. The third-order valence-electron chi connectivity index (χ3n) is 8.46. The molecule has 0 amide bonds. The van der Waals surface area contributed by atoms with Crippen molar-refractivity contribution < 1.29 is 28.5 Å². The number of carbonyl (C=O) groups is 1. The molecule has 11 heteroatoms. The van der Waals surface area contributed by atoms with Gasteiger partial charge in [0.15, 0.2) is 0 Å². The lowest BCUT2D eigenvalue weighted by atomic mass is 9.93. The summed E-state index contributed by atoms with van der Waals surface area (Å²) in [4.78, 5) is 24.0. The van der Waals surface area contributed by atoms with E-state index in [1.807, 2.05) is 25.1 Å². The molecule has 0 saturated carbocycles. The topological polar surface area (TPSA) is 123 Å². The number of benzene rings is 2. The summed E-state index contributed by atoms with van der Waals surface area (Å²) in [6.07, 6.45) is 3.65. The number of fused-ring (bicyclic) bond motifs is 1. The SMILES string of the molecule is CCCOc1cc(C(=O)O)cc2c1nc(CN1CCC(c3cccc(OCc4ccc(C#N)cc4F)n3)CC1)n2C[C@@H]1CCO1. The monoisotopic (exact) mass is 613 g/mol. The van der Waals surface area contributed by atoms with Crippen LogP contribution in [0.3, 0.4) is 0 Å². The zero-order chi connectivity index (χ0) is 31.3. The minimum Gasteiger partial charge on any atom is -0.491 e. The van der Waals surface area contributed by atoms with E-state index in [2.05, 4.69) is 9.47 Å². The highest BCUT2D eigenvalue weighted by atomic mass is 19.1. The van der Waals surface area contributed by atoms with Crippen molar-refractivity contribution in [2.24, 2.45) is 0 Å². The van der Waals surface area contributed by atoms with Crippen LogP contribution in [0.25, 0.3) is 11.0 Å². The van der Waals surface area contributed by atoms with Crippen molar-refractivity contribution in [3.05, 3.63) is 82.6 Å². The van der Waals surface area contributed by atoms with E-state index >= 15 is 0 Å². The predicted molar refractivity (Wildman–Crippen MR) is 164 cm³/mol. The number of hydrogen-bond acceptors (Lipinski definition) is 8. The zero-order valence-corrected chi connectivity index (χ0v) is 25.2. The molecule has 0 unspecified atom stereocenters. The second-order valence-corrected chi connectivity index (χ2v) is 11.6. The van der Waals surface area contributed by atoms with E-state index in [0.29, 0.717) is 42.4 Å². The van der Waals surface area contributed by atoms with Crippen LogP contribution < -0.4 is 9.47 Å². The Bertz CT molecular complexity index is 1720. The summed E-state index contributed by atoms with van der Waals surface area (Å²) in [5.74, 6) is 0.581. The number of aromatic carboxylic acids is 1. The van der Waals surface area contributed by atoms with Crippen LogP contribution in [0.4, 0.5) is 4.39 Å². The number of imidazole rings is 1. The minimum absolute atomic E-state index is 0.0263. The van der Waals surface area contributed by atoms with Gasteiger partial charge in [0.25, 0.3) is 0 Å². The summed E-state index contributed by atoms with van der Waals surface area (Å²) in [6, 6.07) is 15.2. The highest BCUT2D eigenvalue weighted by molar-refractivity contribution is 5.95. The molecule has 234 valence electrons.